The fourth-order valence-electron chi connectivity index (χ4n) is 2.09. The first-order valence-corrected chi connectivity index (χ1v) is 7.73. The van der Waals surface area contributed by atoms with Gasteiger partial charge in [-0.2, -0.15) is 5.10 Å². The van der Waals surface area contributed by atoms with E-state index in [9.17, 15) is 0 Å². The van der Waals surface area contributed by atoms with Crippen LogP contribution < -0.4 is 4.90 Å². The minimum atomic E-state index is 0.827. The fourth-order valence-corrected chi connectivity index (χ4v) is 3.58. The maximum Gasteiger partial charge on any atom is 0.130 e. The number of aromatic nitrogens is 3. The third-order valence-corrected chi connectivity index (χ3v) is 4.51. The molecule has 0 aliphatic rings. The van der Waals surface area contributed by atoms with Gasteiger partial charge in [-0.3, -0.25) is 4.68 Å². The number of hydrogen-bond donors (Lipinski definition) is 0. The van der Waals surface area contributed by atoms with Crippen molar-refractivity contribution in [1.82, 2.24) is 14.8 Å². The van der Waals surface area contributed by atoms with Crippen molar-refractivity contribution in [2.45, 2.75) is 25.7 Å². The van der Waals surface area contributed by atoms with Crippen molar-refractivity contribution in [3.8, 4) is 0 Å². The molecule has 18 heavy (non-hydrogen) atoms. The Morgan fingerprint density at radius 2 is 2.11 bits per heavy atom. The quantitative estimate of drug-likeness (QED) is 0.809. The third kappa shape index (κ3) is 2.44. The molecule has 2 aromatic heterocycles. The van der Waals surface area contributed by atoms with Crippen LogP contribution in [0.5, 0.6) is 0 Å². The summed E-state index contributed by atoms with van der Waals surface area (Å²) in [7, 11) is 4.09. The van der Waals surface area contributed by atoms with E-state index < -0.39 is 0 Å². The van der Waals surface area contributed by atoms with Gasteiger partial charge in [0.05, 0.1) is 23.4 Å². The van der Waals surface area contributed by atoms with E-state index in [0.717, 1.165) is 29.1 Å². The Morgan fingerprint density at radius 3 is 2.67 bits per heavy atom. The molecule has 0 N–H and O–H groups in total. The Bertz CT molecular complexity index is 546. The normalized spacial score (nSPS) is 10.9. The molecule has 0 fully saturated rings. The molecule has 0 bridgehead atoms. The maximum atomic E-state index is 4.49. The summed E-state index contributed by atoms with van der Waals surface area (Å²) in [6.07, 6.45) is 0. The van der Waals surface area contributed by atoms with Gasteiger partial charge in [-0.15, -0.1) is 11.3 Å². The second-order valence-electron chi connectivity index (χ2n) is 4.36. The van der Waals surface area contributed by atoms with Crippen LogP contribution in [0, 0.1) is 13.8 Å². The van der Waals surface area contributed by atoms with E-state index in [-0.39, 0.29) is 0 Å². The summed E-state index contributed by atoms with van der Waals surface area (Å²) in [5.41, 5.74) is 5.35. The molecule has 2 heterocycles. The number of rotatable bonds is 4. The van der Waals surface area contributed by atoms with E-state index >= 15 is 0 Å². The number of thiazole rings is 1. The second-order valence-corrected chi connectivity index (χ2v) is 5.86. The van der Waals surface area contributed by atoms with E-state index in [0.29, 0.717) is 0 Å². The first kappa shape index (κ1) is 13.5. The average Bonchev–Trinajstić information content (AvgIpc) is 2.82. The summed E-state index contributed by atoms with van der Waals surface area (Å²) in [6, 6.07) is 0. The van der Waals surface area contributed by atoms with Gasteiger partial charge in [-0.25, -0.2) is 4.98 Å². The molecule has 6 heteroatoms. The highest BCUT2D eigenvalue weighted by Crippen LogP contribution is 2.26. The first-order chi connectivity index (χ1) is 8.54. The second kappa shape index (κ2) is 5.40. The predicted octanol–water partition coefficient (Wildman–Crippen LogP) is 3.02. The van der Waals surface area contributed by atoms with Crippen molar-refractivity contribution in [3.63, 3.8) is 0 Å². The van der Waals surface area contributed by atoms with Crippen LogP contribution in [0.4, 0.5) is 5.82 Å². The summed E-state index contributed by atoms with van der Waals surface area (Å²) in [6.45, 7) is 4.97. The molecular formula is C12H17BrN4S. The third-order valence-electron chi connectivity index (χ3n) is 3.03. The Morgan fingerprint density at radius 1 is 1.39 bits per heavy atom. The van der Waals surface area contributed by atoms with Gasteiger partial charge in [0.1, 0.15) is 5.82 Å². The monoisotopic (exact) mass is 328 g/mol. The highest BCUT2D eigenvalue weighted by molar-refractivity contribution is 9.08. The Labute approximate surface area is 120 Å². The van der Waals surface area contributed by atoms with E-state index in [1.165, 1.54) is 10.4 Å². The van der Waals surface area contributed by atoms with Gasteiger partial charge in [0.25, 0.3) is 0 Å². The molecule has 0 saturated carbocycles. The standard InChI is InChI=1S/C12H17BrN4S/c1-8-10(5-13)12(17(4)15-8)16(3)6-11-9(2)14-7-18-11/h7H,5-6H2,1-4H3. The minimum absolute atomic E-state index is 0.827. The molecular weight excluding hydrogens is 312 g/mol. The number of anilines is 1. The van der Waals surface area contributed by atoms with Crippen molar-refractivity contribution in [1.29, 1.82) is 0 Å². The van der Waals surface area contributed by atoms with Crippen molar-refractivity contribution < 1.29 is 0 Å². The lowest BCUT2D eigenvalue weighted by Gasteiger charge is -2.20. The summed E-state index contributed by atoms with van der Waals surface area (Å²) in [5.74, 6) is 1.16. The first-order valence-electron chi connectivity index (χ1n) is 5.73. The maximum absolute atomic E-state index is 4.49. The smallest absolute Gasteiger partial charge is 0.130 e. The van der Waals surface area contributed by atoms with Gasteiger partial charge in [-0.1, -0.05) is 15.9 Å². The fraction of sp³-hybridized carbons (Fsp3) is 0.500. The van der Waals surface area contributed by atoms with Gasteiger partial charge < -0.3 is 4.90 Å². The van der Waals surface area contributed by atoms with Gasteiger partial charge in [0.15, 0.2) is 0 Å². The number of alkyl halides is 1. The van der Waals surface area contributed by atoms with Crippen LogP contribution in [-0.2, 0) is 18.9 Å². The molecule has 0 aliphatic carbocycles. The molecule has 0 unspecified atom stereocenters. The van der Waals surface area contributed by atoms with Crippen LogP contribution in [-0.4, -0.2) is 21.8 Å². The van der Waals surface area contributed by atoms with Crippen LogP contribution in [0.25, 0.3) is 0 Å². The van der Waals surface area contributed by atoms with E-state index in [2.05, 4.69) is 44.9 Å². The summed E-state index contributed by atoms with van der Waals surface area (Å²) in [5, 5.41) is 5.31. The molecule has 0 atom stereocenters. The predicted molar refractivity (Wildman–Crippen MR) is 79.5 cm³/mol. The molecule has 98 valence electrons. The van der Waals surface area contributed by atoms with Gasteiger partial charge in [0.2, 0.25) is 0 Å². The highest BCUT2D eigenvalue weighted by atomic mass is 79.9. The molecule has 0 saturated heterocycles. The minimum Gasteiger partial charge on any atom is -0.354 e. The molecule has 4 nitrogen and oxygen atoms in total. The van der Waals surface area contributed by atoms with Gasteiger partial charge in [0, 0.05) is 29.9 Å². The van der Waals surface area contributed by atoms with Gasteiger partial charge in [-0.05, 0) is 13.8 Å². The Hall–Kier alpha value is -0.880. The lowest BCUT2D eigenvalue weighted by molar-refractivity contribution is 0.727. The van der Waals surface area contributed by atoms with Crippen LogP contribution in [0.1, 0.15) is 21.8 Å². The average molecular weight is 329 g/mol. The SMILES string of the molecule is Cc1ncsc1CN(C)c1c(CBr)c(C)nn1C. The Balaban J connectivity index is 2.29. The van der Waals surface area contributed by atoms with Crippen LogP contribution in [0.3, 0.4) is 0 Å². The van der Waals surface area contributed by atoms with E-state index in [1.54, 1.807) is 11.3 Å². The lowest BCUT2D eigenvalue weighted by Crippen LogP contribution is -2.20. The van der Waals surface area contributed by atoms with Crippen molar-refractivity contribution in [2.24, 2.45) is 7.05 Å². The number of hydrogen-bond acceptors (Lipinski definition) is 4. The summed E-state index contributed by atoms with van der Waals surface area (Å²) < 4.78 is 1.95. The summed E-state index contributed by atoms with van der Waals surface area (Å²) in [4.78, 5) is 7.83. The zero-order valence-electron chi connectivity index (χ0n) is 11.1. The molecule has 2 rings (SSSR count). The van der Waals surface area contributed by atoms with Gasteiger partial charge >= 0.3 is 0 Å². The van der Waals surface area contributed by atoms with E-state index in [4.69, 9.17) is 0 Å². The largest absolute Gasteiger partial charge is 0.354 e. The molecule has 2 aromatic rings. The van der Waals surface area contributed by atoms with Crippen LogP contribution in [0.15, 0.2) is 5.51 Å². The molecule has 0 spiro atoms. The van der Waals surface area contributed by atoms with E-state index in [1.807, 2.05) is 24.2 Å². The summed E-state index contributed by atoms with van der Waals surface area (Å²) >= 11 is 5.25. The number of nitrogens with zero attached hydrogens (tertiary/aromatic N) is 4. The lowest BCUT2D eigenvalue weighted by atomic mass is 10.2. The van der Waals surface area contributed by atoms with Crippen molar-refractivity contribution in [2.75, 3.05) is 11.9 Å². The highest BCUT2D eigenvalue weighted by Gasteiger charge is 2.17. The number of aryl methyl sites for hydroxylation is 3. The Kier molecular flexibility index (Phi) is 4.07. The van der Waals surface area contributed by atoms with Crippen molar-refractivity contribution >= 4 is 33.1 Å². The van der Waals surface area contributed by atoms with Crippen LogP contribution in [0.2, 0.25) is 0 Å². The van der Waals surface area contributed by atoms with Crippen LogP contribution >= 0.6 is 27.3 Å². The zero-order valence-corrected chi connectivity index (χ0v) is 13.5. The molecule has 0 radical (unpaired) electrons. The topological polar surface area (TPSA) is 34.0 Å². The molecule has 0 amide bonds. The van der Waals surface area contributed by atoms with Crippen molar-refractivity contribution in [3.05, 3.63) is 27.3 Å². The molecule has 0 aromatic carbocycles. The molecule has 0 aliphatic heterocycles. The number of halogens is 1. The zero-order chi connectivity index (χ0) is 13.3.